The Labute approximate surface area is 165 Å². The number of hydrogen-bond acceptors (Lipinski definition) is 4. The minimum Gasteiger partial charge on any atom is -0.478 e. The van der Waals surface area contributed by atoms with E-state index in [2.05, 4.69) is 27.5 Å². The van der Waals surface area contributed by atoms with Crippen LogP contribution in [0.5, 0.6) is 5.88 Å². The summed E-state index contributed by atoms with van der Waals surface area (Å²) in [7, 11) is 1.72. The van der Waals surface area contributed by atoms with E-state index in [9.17, 15) is 4.79 Å². The molecule has 0 aliphatic carbocycles. The number of benzene rings is 1. The normalized spacial score (nSPS) is 16.9. The van der Waals surface area contributed by atoms with Crippen LogP contribution in [0.3, 0.4) is 0 Å². The highest BCUT2D eigenvalue weighted by Crippen LogP contribution is 2.20. The molecule has 2 heterocycles. The summed E-state index contributed by atoms with van der Waals surface area (Å²) in [4.78, 5) is 22.7. The van der Waals surface area contributed by atoms with Gasteiger partial charge in [-0.15, -0.1) is 0 Å². The molecule has 1 atom stereocenters. The zero-order valence-corrected chi connectivity index (χ0v) is 16.4. The highest BCUT2D eigenvalue weighted by Gasteiger charge is 2.30. The van der Waals surface area contributed by atoms with Gasteiger partial charge in [0, 0.05) is 44.5 Å². The quantitative estimate of drug-likeness (QED) is 0.569. The third-order valence-electron chi connectivity index (χ3n) is 4.47. The van der Waals surface area contributed by atoms with Gasteiger partial charge in [-0.1, -0.05) is 31.2 Å². The van der Waals surface area contributed by atoms with Crippen LogP contribution in [0.2, 0.25) is 0 Å². The molecule has 1 fully saturated rings. The summed E-state index contributed by atoms with van der Waals surface area (Å²) in [6.45, 7) is 3.94. The summed E-state index contributed by atoms with van der Waals surface area (Å²) in [6, 6.07) is 13.6. The number of nitrogens with zero attached hydrogens (tertiary/aromatic N) is 3. The molecule has 0 radical (unpaired) electrons. The Morgan fingerprint density at radius 3 is 2.79 bits per heavy atom. The summed E-state index contributed by atoms with van der Waals surface area (Å²) < 4.78 is 5.50. The first-order chi connectivity index (χ1) is 13.7. The Balaban J connectivity index is 1.50. The van der Waals surface area contributed by atoms with Crippen molar-refractivity contribution in [3.8, 4) is 5.88 Å². The van der Waals surface area contributed by atoms with E-state index < -0.39 is 0 Å². The number of carbonyl (C=O) groups excluding carboxylic acids is 1. The van der Waals surface area contributed by atoms with E-state index in [1.807, 2.05) is 47.4 Å². The largest absolute Gasteiger partial charge is 0.478 e. The summed E-state index contributed by atoms with van der Waals surface area (Å²) in [5, 5.41) is 6.61. The average Bonchev–Trinajstić information content (AvgIpc) is 3.11. The van der Waals surface area contributed by atoms with Crippen LogP contribution in [0.15, 0.2) is 53.7 Å². The van der Waals surface area contributed by atoms with Crippen molar-refractivity contribution in [2.75, 3.05) is 25.1 Å². The standard InChI is InChI=1S/C21H27N5O2/c1-3-11-28-19-10-9-16(13-23-19)14-24-21(22-2)25-17-12-20(27)26(15-17)18-7-5-4-6-8-18/h4-10,13,17H,3,11-12,14-15H2,1-2H3,(H2,22,24,25). The molecule has 1 aromatic heterocycles. The maximum absolute atomic E-state index is 12.3. The smallest absolute Gasteiger partial charge is 0.229 e. The maximum Gasteiger partial charge on any atom is 0.229 e. The van der Waals surface area contributed by atoms with Gasteiger partial charge in [0.25, 0.3) is 0 Å². The molecular weight excluding hydrogens is 354 g/mol. The predicted molar refractivity (Wildman–Crippen MR) is 111 cm³/mol. The van der Waals surface area contributed by atoms with Gasteiger partial charge in [-0.25, -0.2) is 4.98 Å². The molecule has 2 N–H and O–H groups in total. The SMILES string of the molecule is CCCOc1ccc(CNC(=NC)NC2CC(=O)N(c3ccccc3)C2)cn1. The Morgan fingerprint density at radius 1 is 1.29 bits per heavy atom. The van der Waals surface area contributed by atoms with E-state index in [0.717, 1.165) is 17.7 Å². The third kappa shape index (κ3) is 5.22. The number of aromatic nitrogens is 1. The fourth-order valence-electron chi connectivity index (χ4n) is 3.04. The molecule has 1 saturated heterocycles. The number of rotatable bonds is 7. The van der Waals surface area contributed by atoms with Crippen LogP contribution in [-0.4, -0.2) is 43.1 Å². The number of carbonyl (C=O) groups is 1. The van der Waals surface area contributed by atoms with Crippen molar-refractivity contribution >= 4 is 17.6 Å². The summed E-state index contributed by atoms with van der Waals surface area (Å²) in [5.74, 6) is 1.42. The zero-order valence-electron chi connectivity index (χ0n) is 16.4. The minimum absolute atomic E-state index is 0.0156. The first-order valence-electron chi connectivity index (χ1n) is 9.60. The van der Waals surface area contributed by atoms with Crippen LogP contribution in [-0.2, 0) is 11.3 Å². The number of hydrogen-bond donors (Lipinski definition) is 2. The summed E-state index contributed by atoms with van der Waals surface area (Å²) >= 11 is 0. The van der Waals surface area contributed by atoms with Gasteiger partial charge in [-0.3, -0.25) is 9.79 Å². The topological polar surface area (TPSA) is 78.8 Å². The number of para-hydroxylation sites is 1. The molecule has 0 bridgehead atoms. The Bertz CT molecular complexity index is 792. The van der Waals surface area contributed by atoms with Crippen LogP contribution in [0.4, 0.5) is 5.69 Å². The van der Waals surface area contributed by atoms with E-state index in [-0.39, 0.29) is 11.9 Å². The van der Waals surface area contributed by atoms with Crippen LogP contribution in [0.25, 0.3) is 0 Å². The lowest BCUT2D eigenvalue weighted by Gasteiger charge is -2.19. The second kappa shape index (κ2) is 9.73. The average molecular weight is 381 g/mol. The third-order valence-corrected chi connectivity index (χ3v) is 4.47. The van der Waals surface area contributed by atoms with Gasteiger partial charge >= 0.3 is 0 Å². The molecule has 1 aliphatic rings. The molecule has 1 aliphatic heterocycles. The van der Waals surface area contributed by atoms with Crippen molar-refractivity contribution in [2.24, 2.45) is 4.99 Å². The first-order valence-corrected chi connectivity index (χ1v) is 9.60. The molecule has 1 amide bonds. The maximum atomic E-state index is 12.3. The molecule has 7 nitrogen and oxygen atoms in total. The molecule has 3 rings (SSSR count). The number of guanidine groups is 1. The van der Waals surface area contributed by atoms with E-state index in [0.29, 0.717) is 38.0 Å². The van der Waals surface area contributed by atoms with Crippen molar-refractivity contribution in [3.63, 3.8) is 0 Å². The predicted octanol–water partition coefficient (Wildman–Crippen LogP) is 2.34. The molecule has 1 unspecified atom stereocenters. The van der Waals surface area contributed by atoms with E-state index >= 15 is 0 Å². The fourth-order valence-corrected chi connectivity index (χ4v) is 3.04. The van der Waals surface area contributed by atoms with Gasteiger partial charge in [0.05, 0.1) is 12.6 Å². The fraction of sp³-hybridized carbons (Fsp3) is 0.381. The second-order valence-corrected chi connectivity index (χ2v) is 6.66. The number of aliphatic imine (C=N–C) groups is 1. The molecule has 2 aromatic rings. The lowest BCUT2D eigenvalue weighted by Crippen LogP contribution is -2.44. The number of ether oxygens (including phenoxy) is 1. The van der Waals surface area contributed by atoms with Gasteiger partial charge < -0.3 is 20.3 Å². The molecule has 0 spiro atoms. The molecule has 0 saturated carbocycles. The number of nitrogens with one attached hydrogen (secondary N) is 2. The molecule has 28 heavy (non-hydrogen) atoms. The Hall–Kier alpha value is -3.09. The summed E-state index contributed by atoms with van der Waals surface area (Å²) in [5.41, 5.74) is 1.96. The molecule has 7 heteroatoms. The number of anilines is 1. The van der Waals surface area contributed by atoms with E-state index in [1.165, 1.54) is 0 Å². The van der Waals surface area contributed by atoms with Gasteiger partial charge in [-0.2, -0.15) is 0 Å². The van der Waals surface area contributed by atoms with Crippen molar-refractivity contribution < 1.29 is 9.53 Å². The lowest BCUT2D eigenvalue weighted by atomic mass is 10.2. The molecule has 148 valence electrons. The highest BCUT2D eigenvalue weighted by molar-refractivity contribution is 5.97. The van der Waals surface area contributed by atoms with Crippen LogP contribution >= 0.6 is 0 Å². The van der Waals surface area contributed by atoms with E-state index in [1.54, 1.807) is 13.2 Å². The van der Waals surface area contributed by atoms with Gasteiger partial charge in [0.15, 0.2) is 5.96 Å². The minimum atomic E-state index is 0.0156. The molecule has 1 aromatic carbocycles. The zero-order chi connectivity index (χ0) is 19.8. The van der Waals surface area contributed by atoms with Crippen LogP contribution < -0.4 is 20.3 Å². The van der Waals surface area contributed by atoms with Gasteiger partial charge in [-0.05, 0) is 24.1 Å². The number of amides is 1. The van der Waals surface area contributed by atoms with Gasteiger partial charge in [0.2, 0.25) is 11.8 Å². The van der Waals surface area contributed by atoms with Crippen molar-refractivity contribution in [1.29, 1.82) is 0 Å². The van der Waals surface area contributed by atoms with Crippen LogP contribution in [0, 0.1) is 0 Å². The highest BCUT2D eigenvalue weighted by atomic mass is 16.5. The monoisotopic (exact) mass is 381 g/mol. The Kier molecular flexibility index (Phi) is 6.84. The second-order valence-electron chi connectivity index (χ2n) is 6.66. The Morgan fingerprint density at radius 2 is 2.11 bits per heavy atom. The van der Waals surface area contributed by atoms with Gasteiger partial charge in [0.1, 0.15) is 0 Å². The van der Waals surface area contributed by atoms with Crippen molar-refractivity contribution in [2.45, 2.75) is 32.4 Å². The summed E-state index contributed by atoms with van der Waals surface area (Å²) in [6.07, 6.45) is 3.19. The van der Waals surface area contributed by atoms with E-state index in [4.69, 9.17) is 4.74 Å². The van der Waals surface area contributed by atoms with Crippen molar-refractivity contribution in [1.82, 2.24) is 15.6 Å². The number of pyridine rings is 1. The van der Waals surface area contributed by atoms with Crippen LogP contribution in [0.1, 0.15) is 25.3 Å². The molecular formula is C21H27N5O2. The lowest BCUT2D eigenvalue weighted by molar-refractivity contribution is -0.117. The first kappa shape index (κ1) is 19.7. The van der Waals surface area contributed by atoms with Crippen molar-refractivity contribution in [3.05, 3.63) is 54.2 Å².